The lowest BCUT2D eigenvalue weighted by Crippen LogP contribution is -2.13. The molecule has 0 bridgehead atoms. The number of hydrogen-bond donors (Lipinski definition) is 1. The first-order valence-electron chi connectivity index (χ1n) is 14.4. The summed E-state index contributed by atoms with van der Waals surface area (Å²) in [6, 6.07) is 43.4. The van der Waals surface area contributed by atoms with Gasteiger partial charge in [-0.05, 0) is 76.0 Å². The molecule has 1 N–H and O–H groups in total. The van der Waals surface area contributed by atoms with Crippen molar-refractivity contribution in [1.82, 2.24) is 0 Å². The van der Waals surface area contributed by atoms with Crippen molar-refractivity contribution in [3.63, 3.8) is 0 Å². The summed E-state index contributed by atoms with van der Waals surface area (Å²) in [7, 11) is 0. The van der Waals surface area contributed by atoms with Crippen LogP contribution < -0.4 is 14.8 Å². The lowest BCUT2D eigenvalue weighted by atomic mass is 10.0. The zero-order valence-electron chi connectivity index (χ0n) is 24.3. The van der Waals surface area contributed by atoms with Crippen molar-refractivity contribution in [3.05, 3.63) is 155 Å². The number of carbonyl (C=O) groups is 1. The number of anilines is 1. The van der Waals surface area contributed by atoms with Crippen LogP contribution in [-0.2, 0) is 18.0 Å². The van der Waals surface area contributed by atoms with Gasteiger partial charge < -0.3 is 14.8 Å². The summed E-state index contributed by atoms with van der Waals surface area (Å²) in [6.07, 6.45) is 1.61. The summed E-state index contributed by atoms with van der Waals surface area (Å²) >= 11 is 0. The number of carbonyl (C=O) groups excluding carboxylic acids is 1. The molecule has 6 rings (SSSR count). The topological polar surface area (TPSA) is 71.3 Å². The number of hydrogen-bond acceptors (Lipinski definition) is 4. The quantitative estimate of drug-likeness (QED) is 0.138. The Hall–Kier alpha value is -5.86. The third-order valence-corrected chi connectivity index (χ3v) is 7.49. The Morgan fingerprint density at radius 1 is 0.727 bits per heavy atom. The Morgan fingerprint density at radius 3 is 2.16 bits per heavy atom. The van der Waals surface area contributed by atoms with E-state index >= 15 is 0 Å². The predicted molar refractivity (Wildman–Crippen MR) is 176 cm³/mol. The first-order valence-corrected chi connectivity index (χ1v) is 14.4. The highest BCUT2D eigenvalue weighted by molar-refractivity contribution is 6.11. The highest BCUT2D eigenvalue weighted by Crippen LogP contribution is 2.32. The maximum Gasteiger partial charge on any atom is 0.266 e. The van der Waals surface area contributed by atoms with E-state index in [1.54, 1.807) is 30.3 Å². The van der Waals surface area contributed by atoms with Crippen molar-refractivity contribution in [2.45, 2.75) is 20.1 Å². The maximum atomic E-state index is 13.3. The molecule has 0 aliphatic carbocycles. The van der Waals surface area contributed by atoms with E-state index in [2.05, 4.69) is 41.7 Å². The molecule has 0 unspecified atom stereocenters. The Morgan fingerprint density at radius 2 is 1.41 bits per heavy atom. The van der Waals surface area contributed by atoms with Gasteiger partial charge in [-0.25, -0.2) is 0 Å². The molecular formula is C39H30N2O3. The van der Waals surface area contributed by atoms with Crippen molar-refractivity contribution < 1.29 is 14.3 Å². The van der Waals surface area contributed by atoms with Gasteiger partial charge >= 0.3 is 0 Å². The Balaban J connectivity index is 1.21. The first kappa shape index (κ1) is 28.3. The van der Waals surface area contributed by atoms with Crippen LogP contribution in [0.25, 0.3) is 27.6 Å². The van der Waals surface area contributed by atoms with Crippen molar-refractivity contribution in [2.75, 3.05) is 5.32 Å². The van der Waals surface area contributed by atoms with E-state index in [4.69, 9.17) is 9.47 Å². The predicted octanol–water partition coefficient (Wildman–Crippen LogP) is 9.01. The molecule has 0 spiro atoms. The van der Waals surface area contributed by atoms with Gasteiger partial charge in [0.25, 0.3) is 5.91 Å². The zero-order chi connectivity index (χ0) is 30.3. The van der Waals surface area contributed by atoms with Gasteiger partial charge in [-0.1, -0.05) is 103 Å². The van der Waals surface area contributed by atoms with Gasteiger partial charge in [0.05, 0.1) is 0 Å². The molecule has 6 aromatic rings. The van der Waals surface area contributed by atoms with E-state index < -0.39 is 5.91 Å². The monoisotopic (exact) mass is 574 g/mol. The van der Waals surface area contributed by atoms with E-state index in [1.807, 2.05) is 79.7 Å². The van der Waals surface area contributed by atoms with E-state index in [1.165, 1.54) is 5.56 Å². The standard InChI is InChI=1S/C39H30N2O3/c1-27-13-15-28(16-14-27)25-43-34-20-18-33(19-21-34)41-39(42)32(24-40)23-37-36-12-5-3-8-30(36)17-22-38(37)44-26-31-10-6-9-29-7-2-4-11-35(29)31/h2-23H,25-26H2,1H3,(H,41,42)/b32-23+. The fourth-order valence-electron chi connectivity index (χ4n) is 5.10. The van der Waals surface area contributed by atoms with Crippen molar-refractivity contribution >= 4 is 39.2 Å². The lowest BCUT2D eigenvalue weighted by Gasteiger charge is -2.14. The summed E-state index contributed by atoms with van der Waals surface area (Å²) in [6.45, 7) is 2.84. The van der Waals surface area contributed by atoms with Gasteiger partial charge in [0.2, 0.25) is 0 Å². The molecule has 5 heteroatoms. The fourth-order valence-corrected chi connectivity index (χ4v) is 5.10. The van der Waals surface area contributed by atoms with Crippen LogP contribution in [0, 0.1) is 18.3 Å². The molecule has 0 heterocycles. The molecule has 0 radical (unpaired) electrons. The normalized spacial score (nSPS) is 11.2. The second-order valence-corrected chi connectivity index (χ2v) is 10.5. The molecule has 1 amide bonds. The molecular weight excluding hydrogens is 544 g/mol. The smallest absolute Gasteiger partial charge is 0.266 e. The Bertz CT molecular complexity index is 2020. The maximum absolute atomic E-state index is 13.3. The molecule has 214 valence electrons. The van der Waals surface area contributed by atoms with Crippen LogP contribution in [-0.4, -0.2) is 5.91 Å². The summed E-state index contributed by atoms with van der Waals surface area (Å²) in [5.74, 6) is 0.768. The molecule has 5 nitrogen and oxygen atoms in total. The summed E-state index contributed by atoms with van der Waals surface area (Å²) < 4.78 is 12.2. The Labute approximate surface area is 256 Å². The highest BCUT2D eigenvalue weighted by atomic mass is 16.5. The average molecular weight is 575 g/mol. The van der Waals surface area contributed by atoms with Crippen LogP contribution in [0.15, 0.2) is 133 Å². The zero-order valence-corrected chi connectivity index (χ0v) is 24.3. The molecule has 0 aliphatic heterocycles. The molecule has 44 heavy (non-hydrogen) atoms. The van der Waals surface area contributed by atoms with Gasteiger partial charge in [0.15, 0.2) is 0 Å². The summed E-state index contributed by atoms with van der Waals surface area (Å²) in [4.78, 5) is 13.3. The van der Waals surface area contributed by atoms with E-state index in [-0.39, 0.29) is 5.57 Å². The number of amides is 1. The molecule has 6 aromatic carbocycles. The number of nitrogens with one attached hydrogen (secondary N) is 1. The summed E-state index contributed by atoms with van der Waals surface area (Å²) in [5.41, 5.74) is 4.53. The SMILES string of the molecule is Cc1ccc(COc2ccc(NC(=O)/C(C#N)=C/c3c(OCc4cccc5ccccc45)ccc4ccccc34)cc2)cc1. The molecule has 0 aromatic heterocycles. The second kappa shape index (κ2) is 13.0. The Kier molecular flexibility index (Phi) is 8.34. The van der Waals surface area contributed by atoms with Crippen LogP contribution in [0.2, 0.25) is 0 Å². The number of rotatable bonds is 9. The van der Waals surface area contributed by atoms with Crippen LogP contribution in [0.1, 0.15) is 22.3 Å². The minimum atomic E-state index is -0.506. The van der Waals surface area contributed by atoms with Crippen molar-refractivity contribution in [1.29, 1.82) is 5.26 Å². The summed E-state index contributed by atoms with van der Waals surface area (Å²) in [5, 5.41) is 17.0. The molecule has 0 atom stereocenters. The first-order chi connectivity index (χ1) is 21.6. The van der Waals surface area contributed by atoms with Gasteiger partial charge in [-0.2, -0.15) is 5.26 Å². The number of benzene rings is 6. The number of aryl methyl sites for hydroxylation is 1. The second-order valence-electron chi connectivity index (χ2n) is 10.5. The third-order valence-electron chi connectivity index (χ3n) is 7.49. The minimum Gasteiger partial charge on any atom is -0.489 e. The van der Waals surface area contributed by atoms with Gasteiger partial charge in [-0.3, -0.25) is 4.79 Å². The van der Waals surface area contributed by atoms with E-state index in [0.29, 0.717) is 36.0 Å². The average Bonchev–Trinajstić information content (AvgIpc) is 3.06. The van der Waals surface area contributed by atoms with Gasteiger partial charge in [-0.15, -0.1) is 0 Å². The van der Waals surface area contributed by atoms with Gasteiger partial charge in [0, 0.05) is 11.3 Å². The van der Waals surface area contributed by atoms with Crippen LogP contribution in [0.4, 0.5) is 5.69 Å². The lowest BCUT2D eigenvalue weighted by molar-refractivity contribution is -0.112. The molecule has 0 saturated carbocycles. The van der Waals surface area contributed by atoms with E-state index in [9.17, 15) is 10.1 Å². The van der Waals surface area contributed by atoms with Crippen LogP contribution in [0.3, 0.4) is 0 Å². The minimum absolute atomic E-state index is 0.0314. The number of nitriles is 1. The van der Waals surface area contributed by atoms with Crippen LogP contribution >= 0.6 is 0 Å². The molecule has 0 fully saturated rings. The number of fused-ring (bicyclic) bond motifs is 2. The number of nitrogens with zero attached hydrogens (tertiary/aromatic N) is 1. The van der Waals surface area contributed by atoms with Gasteiger partial charge in [0.1, 0.15) is 36.4 Å². The molecule has 0 saturated heterocycles. The number of ether oxygens (including phenoxy) is 2. The highest BCUT2D eigenvalue weighted by Gasteiger charge is 2.15. The van der Waals surface area contributed by atoms with Crippen molar-refractivity contribution in [2.24, 2.45) is 0 Å². The van der Waals surface area contributed by atoms with Crippen molar-refractivity contribution in [3.8, 4) is 17.6 Å². The fraction of sp³-hybridized carbons (Fsp3) is 0.0769. The molecule has 0 aliphatic rings. The van der Waals surface area contributed by atoms with E-state index in [0.717, 1.165) is 32.7 Å². The third kappa shape index (κ3) is 6.46. The van der Waals surface area contributed by atoms with Crippen LogP contribution in [0.5, 0.6) is 11.5 Å². The largest absolute Gasteiger partial charge is 0.489 e.